The van der Waals surface area contributed by atoms with Gasteiger partial charge in [-0.2, -0.15) is 0 Å². The number of nitrogens with zero attached hydrogens (tertiary/aromatic N) is 1. The van der Waals surface area contributed by atoms with Gasteiger partial charge in [-0.05, 0) is 24.1 Å². The van der Waals surface area contributed by atoms with Crippen molar-refractivity contribution in [2.45, 2.75) is 19.1 Å². The molecule has 0 unspecified atom stereocenters. The molecule has 1 aliphatic heterocycles. The first-order valence-corrected chi connectivity index (χ1v) is 7.77. The Hall–Kier alpha value is -2.25. The topological polar surface area (TPSA) is 73.6 Å². The van der Waals surface area contributed by atoms with Crippen LogP contribution in [-0.2, 0) is 16.1 Å². The minimum absolute atomic E-state index is 0.129. The first-order chi connectivity index (χ1) is 11.7. The number of nitrogens with one attached hydrogen (secondary N) is 1. The van der Waals surface area contributed by atoms with E-state index in [9.17, 15) is 9.18 Å². The quantitative estimate of drug-likeness (QED) is 0.878. The molecule has 3 rings (SSSR count). The lowest BCUT2D eigenvalue weighted by Crippen LogP contribution is -2.30. The van der Waals surface area contributed by atoms with Gasteiger partial charge < -0.3 is 19.3 Å². The van der Waals surface area contributed by atoms with Gasteiger partial charge in [-0.1, -0.05) is 17.3 Å². The predicted octanol–water partition coefficient (Wildman–Crippen LogP) is 2.47. The predicted molar refractivity (Wildman–Crippen MR) is 82.7 cm³/mol. The second-order valence-electron chi connectivity index (χ2n) is 5.71. The first-order valence-electron chi connectivity index (χ1n) is 7.77. The maximum absolute atomic E-state index is 13.0. The fourth-order valence-corrected chi connectivity index (χ4v) is 2.81. The molecule has 7 heteroatoms. The van der Waals surface area contributed by atoms with Gasteiger partial charge in [-0.25, -0.2) is 4.39 Å². The molecule has 2 heterocycles. The fourth-order valence-electron chi connectivity index (χ4n) is 2.81. The Labute approximate surface area is 138 Å². The van der Waals surface area contributed by atoms with Crippen molar-refractivity contribution in [3.8, 4) is 0 Å². The molecule has 1 amide bonds. The smallest absolute Gasteiger partial charge is 0.273 e. The third kappa shape index (κ3) is 3.80. The van der Waals surface area contributed by atoms with E-state index in [0.29, 0.717) is 18.9 Å². The van der Waals surface area contributed by atoms with Gasteiger partial charge in [0.15, 0.2) is 11.5 Å². The van der Waals surface area contributed by atoms with Gasteiger partial charge in [0, 0.05) is 32.2 Å². The van der Waals surface area contributed by atoms with Gasteiger partial charge in [0.1, 0.15) is 12.4 Å². The van der Waals surface area contributed by atoms with E-state index in [-0.39, 0.29) is 36.0 Å². The number of hydrogen-bond acceptors (Lipinski definition) is 5. The molecule has 2 atom stereocenters. The van der Waals surface area contributed by atoms with E-state index in [2.05, 4.69) is 10.5 Å². The number of ether oxygens (including phenoxy) is 2. The lowest BCUT2D eigenvalue weighted by molar-refractivity contribution is 0.0841. The number of aromatic nitrogens is 1. The van der Waals surface area contributed by atoms with Crippen LogP contribution < -0.4 is 5.32 Å². The Morgan fingerprint density at radius 1 is 1.42 bits per heavy atom. The lowest BCUT2D eigenvalue weighted by atomic mass is 9.95. The summed E-state index contributed by atoms with van der Waals surface area (Å²) in [5.74, 6) is 0.0474. The van der Waals surface area contributed by atoms with Gasteiger partial charge in [-0.3, -0.25) is 4.79 Å². The van der Waals surface area contributed by atoms with Crippen LogP contribution in [0.5, 0.6) is 0 Å². The van der Waals surface area contributed by atoms with E-state index in [1.807, 2.05) is 0 Å². The van der Waals surface area contributed by atoms with Crippen molar-refractivity contribution in [3.05, 3.63) is 53.2 Å². The minimum atomic E-state index is -0.300. The van der Waals surface area contributed by atoms with Crippen LogP contribution in [0.25, 0.3) is 0 Å². The maximum atomic E-state index is 13.0. The first kappa shape index (κ1) is 16.6. The van der Waals surface area contributed by atoms with Crippen molar-refractivity contribution in [2.75, 3.05) is 20.3 Å². The highest BCUT2D eigenvalue weighted by atomic mass is 19.1. The van der Waals surface area contributed by atoms with E-state index < -0.39 is 0 Å². The number of carbonyl (C=O) groups excluding carboxylic acids is 1. The van der Waals surface area contributed by atoms with Crippen molar-refractivity contribution in [3.63, 3.8) is 0 Å². The Kier molecular flexibility index (Phi) is 5.22. The lowest BCUT2D eigenvalue weighted by Gasteiger charge is -2.19. The number of rotatable bonds is 6. The summed E-state index contributed by atoms with van der Waals surface area (Å²) in [6, 6.07) is 7.82. The van der Waals surface area contributed by atoms with Crippen molar-refractivity contribution in [2.24, 2.45) is 5.92 Å². The molecule has 1 N–H and O–H groups in total. The third-order valence-electron chi connectivity index (χ3n) is 4.02. The third-order valence-corrected chi connectivity index (χ3v) is 4.02. The van der Waals surface area contributed by atoms with Crippen molar-refractivity contribution < 1.29 is 23.2 Å². The minimum Gasteiger partial charge on any atom is -0.377 e. The highest BCUT2D eigenvalue weighted by Crippen LogP contribution is 2.34. The van der Waals surface area contributed by atoms with Crippen LogP contribution in [-0.4, -0.2) is 31.3 Å². The summed E-state index contributed by atoms with van der Waals surface area (Å²) >= 11 is 0. The van der Waals surface area contributed by atoms with Gasteiger partial charge >= 0.3 is 0 Å². The number of halogens is 1. The Balaban J connectivity index is 1.58. The van der Waals surface area contributed by atoms with Gasteiger partial charge in [0.05, 0.1) is 6.10 Å². The molecule has 1 aromatic carbocycles. The molecular formula is C17H19FN2O4. The summed E-state index contributed by atoms with van der Waals surface area (Å²) in [7, 11) is 1.54. The second-order valence-corrected chi connectivity index (χ2v) is 5.71. The van der Waals surface area contributed by atoms with Crippen LogP contribution in [0.1, 0.15) is 34.3 Å². The van der Waals surface area contributed by atoms with Crippen LogP contribution in [0.2, 0.25) is 0 Å². The summed E-state index contributed by atoms with van der Waals surface area (Å²) in [6.07, 6.45) is 0.683. The number of hydrogen-bond donors (Lipinski definition) is 1. The highest BCUT2D eigenvalue weighted by Gasteiger charge is 2.30. The van der Waals surface area contributed by atoms with Crippen molar-refractivity contribution >= 4 is 5.91 Å². The molecule has 1 fully saturated rings. The number of methoxy groups -OCH3 is 1. The highest BCUT2D eigenvalue weighted by molar-refractivity contribution is 5.92. The van der Waals surface area contributed by atoms with E-state index in [4.69, 9.17) is 14.0 Å². The average molecular weight is 334 g/mol. The van der Waals surface area contributed by atoms with Crippen molar-refractivity contribution in [1.29, 1.82) is 0 Å². The molecule has 1 aromatic heterocycles. The van der Waals surface area contributed by atoms with Crippen LogP contribution in [0.4, 0.5) is 4.39 Å². The maximum Gasteiger partial charge on any atom is 0.273 e. The number of benzene rings is 1. The largest absolute Gasteiger partial charge is 0.377 e. The molecule has 0 spiro atoms. The summed E-state index contributed by atoms with van der Waals surface area (Å²) in [5, 5.41) is 6.58. The summed E-state index contributed by atoms with van der Waals surface area (Å²) in [5.41, 5.74) is 1.14. The Morgan fingerprint density at radius 2 is 2.21 bits per heavy atom. The summed E-state index contributed by atoms with van der Waals surface area (Å²) in [6.45, 7) is 1.33. The molecule has 0 saturated carbocycles. The van der Waals surface area contributed by atoms with Crippen LogP contribution in [0, 0.1) is 11.7 Å². The van der Waals surface area contributed by atoms with Crippen molar-refractivity contribution in [1.82, 2.24) is 10.5 Å². The van der Waals surface area contributed by atoms with Crippen LogP contribution in [0.3, 0.4) is 0 Å². The monoisotopic (exact) mass is 334 g/mol. The molecule has 0 radical (unpaired) electrons. The molecule has 1 aliphatic rings. The van der Waals surface area contributed by atoms with E-state index >= 15 is 0 Å². The molecule has 0 bridgehead atoms. The zero-order valence-electron chi connectivity index (χ0n) is 13.3. The standard InChI is InChI=1S/C17H19FN2O4/c1-22-10-14-8-15(20-24-14)17(21)19-9-12-6-7-23-16(12)11-2-4-13(18)5-3-11/h2-5,8,12,16H,6-7,9-10H2,1H3,(H,19,21)/t12-,16-/m0/s1. The Morgan fingerprint density at radius 3 is 2.96 bits per heavy atom. The summed E-state index contributed by atoms with van der Waals surface area (Å²) < 4.78 is 28.7. The molecule has 2 aromatic rings. The molecular weight excluding hydrogens is 315 g/mol. The summed E-state index contributed by atoms with van der Waals surface area (Å²) in [4.78, 5) is 12.1. The fraction of sp³-hybridized carbons (Fsp3) is 0.412. The van der Waals surface area contributed by atoms with E-state index in [1.165, 1.54) is 19.2 Å². The molecule has 1 saturated heterocycles. The van der Waals surface area contributed by atoms with Crippen LogP contribution >= 0.6 is 0 Å². The second kappa shape index (κ2) is 7.55. The molecule has 128 valence electrons. The zero-order chi connectivity index (χ0) is 16.9. The van der Waals surface area contributed by atoms with Crippen LogP contribution in [0.15, 0.2) is 34.9 Å². The SMILES string of the molecule is COCc1cc(C(=O)NC[C@@H]2CCO[C@H]2c2ccc(F)cc2)no1. The molecule has 0 aliphatic carbocycles. The average Bonchev–Trinajstić information content (AvgIpc) is 3.23. The van der Waals surface area contributed by atoms with Gasteiger partial charge in [0.25, 0.3) is 5.91 Å². The number of amides is 1. The zero-order valence-corrected chi connectivity index (χ0v) is 13.3. The molecule has 24 heavy (non-hydrogen) atoms. The van der Waals surface area contributed by atoms with E-state index in [0.717, 1.165) is 12.0 Å². The van der Waals surface area contributed by atoms with Gasteiger partial charge in [0.2, 0.25) is 0 Å². The number of carbonyl (C=O) groups is 1. The normalized spacial score (nSPS) is 20.2. The van der Waals surface area contributed by atoms with E-state index in [1.54, 1.807) is 18.2 Å². The molecule has 6 nitrogen and oxygen atoms in total. The van der Waals surface area contributed by atoms with Gasteiger partial charge in [-0.15, -0.1) is 0 Å². The Bertz CT molecular complexity index is 686.